The van der Waals surface area contributed by atoms with Crippen molar-refractivity contribution < 1.29 is 23.8 Å². The summed E-state index contributed by atoms with van der Waals surface area (Å²) in [6.45, 7) is 3.83. The van der Waals surface area contributed by atoms with Gasteiger partial charge in [0, 0.05) is 5.38 Å². The normalized spacial score (nSPS) is 10.2. The summed E-state index contributed by atoms with van der Waals surface area (Å²) in [4.78, 5) is 27.6. The molecule has 0 radical (unpaired) electrons. The molecule has 7 nitrogen and oxygen atoms in total. The van der Waals surface area contributed by atoms with Gasteiger partial charge in [0.25, 0.3) is 5.91 Å². The van der Waals surface area contributed by atoms with Gasteiger partial charge in [-0.25, -0.2) is 4.98 Å². The standard InChI is InChI=1S/C17H20N2O5S/c1-4-23-16(21)8-12-10-25-17(18-12)19-15(20)9-24-13-6-5-11(2)7-14(13)22-3/h5-7,10H,4,8-9H2,1-3H3,(H,18,19,20). The third-order valence-electron chi connectivity index (χ3n) is 3.11. The van der Waals surface area contributed by atoms with E-state index >= 15 is 0 Å². The lowest BCUT2D eigenvalue weighted by molar-refractivity contribution is -0.142. The molecule has 25 heavy (non-hydrogen) atoms. The first-order valence-electron chi connectivity index (χ1n) is 7.69. The van der Waals surface area contributed by atoms with Gasteiger partial charge in [0.05, 0.1) is 25.8 Å². The number of nitrogens with one attached hydrogen (secondary N) is 1. The van der Waals surface area contributed by atoms with E-state index in [4.69, 9.17) is 14.2 Å². The number of anilines is 1. The number of nitrogens with zero attached hydrogens (tertiary/aromatic N) is 1. The molecule has 0 fully saturated rings. The van der Waals surface area contributed by atoms with E-state index in [2.05, 4.69) is 10.3 Å². The SMILES string of the molecule is CCOC(=O)Cc1csc(NC(=O)COc2ccc(C)cc2OC)n1. The zero-order chi connectivity index (χ0) is 18.2. The Morgan fingerprint density at radius 1 is 1.28 bits per heavy atom. The minimum absolute atomic E-state index is 0.0806. The summed E-state index contributed by atoms with van der Waals surface area (Å²) in [7, 11) is 1.54. The van der Waals surface area contributed by atoms with Gasteiger partial charge in [-0.3, -0.25) is 14.9 Å². The molecular weight excluding hydrogens is 344 g/mol. The molecule has 0 aliphatic rings. The lowest BCUT2D eigenvalue weighted by Crippen LogP contribution is -2.20. The lowest BCUT2D eigenvalue weighted by atomic mass is 10.2. The summed E-state index contributed by atoms with van der Waals surface area (Å²) >= 11 is 1.24. The number of carbonyl (C=O) groups is 2. The Hall–Kier alpha value is -2.61. The number of aryl methyl sites for hydroxylation is 1. The zero-order valence-electron chi connectivity index (χ0n) is 14.3. The van der Waals surface area contributed by atoms with Gasteiger partial charge in [-0.2, -0.15) is 0 Å². The molecule has 0 saturated heterocycles. The number of amides is 1. The number of hydrogen-bond acceptors (Lipinski definition) is 7. The third-order valence-corrected chi connectivity index (χ3v) is 3.91. The molecule has 8 heteroatoms. The zero-order valence-corrected chi connectivity index (χ0v) is 15.1. The summed E-state index contributed by atoms with van der Waals surface area (Å²) in [5, 5.41) is 4.75. The molecule has 0 saturated carbocycles. The van der Waals surface area contributed by atoms with Crippen molar-refractivity contribution in [2.45, 2.75) is 20.3 Å². The topological polar surface area (TPSA) is 86.8 Å². The van der Waals surface area contributed by atoms with Gasteiger partial charge >= 0.3 is 5.97 Å². The van der Waals surface area contributed by atoms with Crippen molar-refractivity contribution in [1.82, 2.24) is 4.98 Å². The minimum atomic E-state index is -0.348. The molecule has 0 bridgehead atoms. The molecule has 0 atom stereocenters. The van der Waals surface area contributed by atoms with Crippen LogP contribution in [0.1, 0.15) is 18.2 Å². The highest BCUT2D eigenvalue weighted by molar-refractivity contribution is 7.13. The molecule has 1 aromatic heterocycles. The largest absolute Gasteiger partial charge is 0.493 e. The van der Waals surface area contributed by atoms with Crippen molar-refractivity contribution in [1.29, 1.82) is 0 Å². The van der Waals surface area contributed by atoms with E-state index < -0.39 is 0 Å². The Morgan fingerprint density at radius 3 is 2.80 bits per heavy atom. The fourth-order valence-corrected chi connectivity index (χ4v) is 2.72. The van der Waals surface area contributed by atoms with Crippen LogP contribution in [0.5, 0.6) is 11.5 Å². The number of aromatic nitrogens is 1. The summed E-state index contributed by atoms with van der Waals surface area (Å²) in [6, 6.07) is 5.45. The summed E-state index contributed by atoms with van der Waals surface area (Å²) < 4.78 is 15.6. The van der Waals surface area contributed by atoms with Crippen LogP contribution in [-0.2, 0) is 20.7 Å². The van der Waals surface area contributed by atoms with Crippen molar-refractivity contribution in [3.8, 4) is 11.5 Å². The number of thiazole rings is 1. The Bertz CT molecular complexity index is 744. The molecule has 1 aromatic carbocycles. The van der Waals surface area contributed by atoms with Gasteiger partial charge in [0.2, 0.25) is 0 Å². The molecule has 2 rings (SSSR count). The maximum atomic E-state index is 12.0. The van der Waals surface area contributed by atoms with Crippen LogP contribution in [-0.4, -0.2) is 37.2 Å². The second-order valence-corrected chi connectivity index (χ2v) is 5.98. The number of benzene rings is 1. The molecule has 0 aliphatic carbocycles. The van der Waals surface area contributed by atoms with Crippen LogP contribution in [0.4, 0.5) is 5.13 Å². The quantitative estimate of drug-likeness (QED) is 0.725. The van der Waals surface area contributed by atoms with Crippen LogP contribution in [0.25, 0.3) is 0 Å². The Labute approximate surface area is 149 Å². The number of carbonyl (C=O) groups excluding carboxylic acids is 2. The van der Waals surface area contributed by atoms with Gasteiger partial charge in [-0.1, -0.05) is 6.07 Å². The first-order valence-corrected chi connectivity index (χ1v) is 8.57. The molecular formula is C17H20N2O5S. The highest BCUT2D eigenvalue weighted by Gasteiger charge is 2.12. The Morgan fingerprint density at radius 2 is 2.08 bits per heavy atom. The van der Waals surface area contributed by atoms with E-state index in [-0.39, 0.29) is 24.9 Å². The average molecular weight is 364 g/mol. The van der Waals surface area contributed by atoms with Gasteiger partial charge < -0.3 is 14.2 Å². The van der Waals surface area contributed by atoms with E-state index in [0.29, 0.717) is 28.9 Å². The van der Waals surface area contributed by atoms with Crippen molar-refractivity contribution in [3.05, 3.63) is 34.8 Å². The van der Waals surface area contributed by atoms with Crippen LogP contribution < -0.4 is 14.8 Å². The number of esters is 1. The van der Waals surface area contributed by atoms with Crippen LogP contribution in [0.2, 0.25) is 0 Å². The number of rotatable bonds is 8. The van der Waals surface area contributed by atoms with E-state index in [1.165, 1.54) is 11.3 Å². The summed E-state index contributed by atoms with van der Waals surface area (Å²) in [5.74, 6) is 0.365. The predicted octanol–water partition coefficient (Wildman–Crippen LogP) is 2.58. The molecule has 1 N–H and O–H groups in total. The smallest absolute Gasteiger partial charge is 0.311 e. The second-order valence-electron chi connectivity index (χ2n) is 5.12. The second kappa shape index (κ2) is 9.03. The maximum Gasteiger partial charge on any atom is 0.311 e. The highest BCUT2D eigenvalue weighted by Crippen LogP contribution is 2.27. The van der Waals surface area contributed by atoms with Crippen molar-refractivity contribution in [2.24, 2.45) is 0 Å². The number of methoxy groups -OCH3 is 1. The summed E-state index contributed by atoms with van der Waals surface area (Å²) in [5.41, 5.74) is 1.59. The van der Waals surface area contributed by atoms with Crippen LogP contribution in [0.3, 0.4) is 0 Å². The average Bonchev–Trinajstić information content (AvgIpc) is 3.00. The van der Waals surface area contributed by atoms with Gasteiger partial charge in [0.1, 0.15) is 0 Å². The Kier molecular flexibility index (Phi) is 6.76. The van der Waals surface area contributed by atoms with Gasteiger partial charge in [-0.05, 0) is 31.5 Å². The van der Waals surface area contributed by atoms with Crippen LogP contribution in [0, 0.1) is 6.92 Å². The maximum absolute atomic E-state index is 12.0. The summed E-state index contributed by atoms with van der Waals surface area (Å²) in [6.07, 6.45) is 0.0806. The van der Waals surface area contributed by atoms with E-state index in [9.17, 15) is 9.59 Å². The van der Waals surface area contributed by atoms with Crippen LogP contribution >= 0.6 is 11.3 Å². The predicted molar refractivity (Wildman–Crippen MR) is 94.3 cm³/mol. The Balaban J connectivity index is 1.86. The number of hydrogen-bond donors (Lipinski definition) is 1. The first-order chi connectivity index (χ1) is 12.0. The molecule has 134 valence electrons. The molecule has 0 unspecified atom stereocenters. The van der Waals surface area contributed by atoms with Crippen molar-refractivity contribution in [2.75, 3.05) is 25.6 Å². The van der Waals surface area contributed by atoms with Gasteiger partial charge in [0.15, 0.2) is 23.2 Å². The molecule has 1 amide bonds. The van der Waals surface area contributed by atoms with E-state index in [0.717, 1.165) is 5.56 Å². The van der Waals surface area contributed by atoms with Crippen molar-refractivity contribution >= 4 is 28.3 Å². The van der Waals surface area contributed by atoms with E-state index in [1.54, 1.807) is 25.5 Å². The first kappa shape index (κ1) is 18.7. The fourth-order valence-electron chi connectivity index (χ4n) is 2.00. The molecule has 0 spiro atoms. The number of ether oxygens (including phenoxy) is 3. The lowest BCUT2D eigenvalue weighted by Gasteiger charge is -2.10. The minimum Gasteiger partial charge on any atom is -0.493 e. The monoisotopic (exact) mass is 364 g/mol. The van der Waals surface area contributed by atoms with E-state index in [1.807, 2.05) is 19.1 Å². The van der Waals surface area contributed by atoms with Crippen LogP contribution in [0.15, 0.2) is 23.6 Å². The van der Waals surface area contributed by atoms with Gasteiger partial charge in [-0.15, -0.1) is 11.3 Å². The van der Waals surface area contributed by atoms with Crippen molar-refractivity contribution in [3.63, 3.8) is 0 Å². The third kappa shape index (κ3) is 5.75. The molecule has 1 heterocycles. The molecule has 0 aliphatic heterocycles. The molecule has 2 aromatic rings. The highest BCUT2D eigenvalue weighted by atomic mass is 32.1. The fraction of sp³-hybridized carbons (Fsp3) is 0.353.